The summed E-state index contributed by atoms with van der Waals surface area (Å²) in [5, 5.41) is 13.7. The average Bonchev–Trinajstić information content (AvgIpc) is 2.71. The van der Waals surface area contributed by atoms with Gasteiger partial charge in [0.2, 0.25) is 0 Å². The van der Waals surface area contributed by atoms with E-state index in [1.165, 1.54) is 0 Å². The van der Waals surface area contributed by atoms with Crippen LogP contribution in [0.4, 0.5) is 4.79 Å². The molecule has 2 amide bonds. The normalized spacial score (nSPS) is 19.7. The highest BCUT2D eigenvalue weighted by Crippen LogP contribution is 2.12. The Balaban J connectivity index is 1.95. The number of nitrogens with zero attached hydrogens (tertiary/aromatic N) is 1. The van der Waals surface area contributed by atoms with Crippen molar-refractivity contribution < 1.29 is 19.4 Å². The van der Waals surface area contributed by atoms with Crippen molar-refractivity contribution in [2.75, 3.05) is 46.4 Å². The van der Waals surface area contributed by atoms with Crippen molar-refractivity contribution in [2.24, 2.45) is 5.92 Å². The highest BCUT2D eigenvalue weighted by atomic mass is 16.5. The number of hydrogen-bond acceptors (Lipinski definition) is 4. The number of carboxylic acids is 1. The molecule has 1 saturated heterocycles. The number of carbonyl (C=O) groups is 2. The molecule has 3 N–H and O–H groups in total. The summed E-state index contributed by atoms with van der Waals surface area (Å²) in [6, 6.07) is -0.233. The summed E-state index contributed by atoms with van der Waals surface area (Å²) in [6.07, 6.45) is 1.11. The largest absolute Gasteiger partial charge is 0.480 e. The second-order valence-electron chi connectivity index (χ2n) is 4.50. The fourth-order valence-electron chi connectivity index (χ4n) is 1.89. The minimum absolute atomic E-state index is 0.200. The summed E-state index contributed by atoms with van der Waals surface area (Å²) in [6.45, 7) is 2.94. The van der Waals surface area contributed by atoms with Gasteiger partial charge in [0.1, 0.15) is 6.61 Å². The first-order valence-corrected chi connectivity index (χ1v) is 6.07. The van der Waals surface area contributed by atoms with Crippen molar-refractivity contribution in [2.45, 2.75) is 6.42 Å². The molecular weight excluding hydrogens is 238 g/mol. The van der Waals surface area contributed by atoms with E-state index >= 15 is 0 Å². The molecular formula is C11H21N3O4. The average molecular weight is 259 g/mol. The third-order valence-electron chi connectivity index (χ3n) is 2.80. The molecule has 0 spiro atoms. The molecule has 18 heavy (non-hydrogen) atoms. The molecule has 0 saturated carbocycles. The Hall–Kier alpha value is -1.34. The van der Waals surface area contributed by atoms with Gasteiger partial charge in [-0.25, -0.2) is 9.59 Å². The molecule has 1 rings (SSSR count). The van der Waals surface area contributed by atoms with Crippen LogP contribution in [0, 0.1) is 5.92 Å². The fraction of sp³-hybridized carbons (Fsp3) is 0.818. The lowest BCUT2D eigenvalue weighted by Gasteiger charge is -2.12. The molecule has 0 aliphatic carbocycles. The number of rotatable bonds is 7. The third kappa shape index (κ3) is 6.41. The van der Waals surface area contributed by atoms with E-state index < -0.39 is 5.97 Å². The molecule has 1 atom stereocenters. The molecule has 0 aromatic rings. The Kier molecular flexibility index (Phi) is 6.45. The summed E-state index contributed by atoms with van der Waals surface area (Å²) >= 11 is 0. The Morgan fingerprint density at radius 1 is 1.44 bits per heavy atom. The number of urea groups is 1. The summed E-state index contributed by atoms with van der Waals surface area (Å²) in [7, 11) is 2.07. The first-order chi connectivity index (χ1) is 8.58. The van der Waals surface area contributed by atoms with Gasteiger partial charge in [-0.05, 0) is 25.9 Å². The van der Waals surface area contributed by atoms with Crippen LogP contribution in [-0.2, 0) is 9.53 Å². The minimum Gasteiger partial charge on any atom is -0.480 e. The lowest BCUT2D eigenvalue weighted by Crippen LogP contribution is -2.40. The quantitative estimate of drug-likeness (QED) is 0.528. The SMILES string of the molecule is CN1CCC(CNC(=O)NCCOCC(=O)O)C1. The number of amides is 2. The van der Waals surface area contributed by atoms with Crippen molar-refractivity contribution in [1.82, 2.24) is 15.5 Å². The first-order valence-electron chi connectivity index (χ1n) is 6.07. The van der Waals surface area contributed by atoms with E-state index in [1.807, 2.05) is 0 Å². The van der Waals surface area contributed by atoms with E-state index in [1.54, 1.807) is 0 Å². The summed E-state index contributed by atoms with van der Waals surface area (Å²) < 4.78 is 4.79. The first kappa shape index (κ1) is 14.7. The minimum atomic E-state index is -1.01. The lowest BCUT2D eigenvalue weighted by atomic mass is 10.1. The highest BCUT2D eigenvalue weighted by molar-refractivity contribution is 5.73. The van der Waals surface area contributed by atoms with Gasteiger partial charge < -0.3 is 25.4 Å². The Morgan fingerprint density at radius 2 is 2.22 bits per heavy atom. The third-order valence-corrected chi connectivity index (χ3v) is 2.80. The van der Waals surface area contributed by atoms with E-state index in [4.69, 9.17) is 9.84 Å². The second kappa shape index (κ2) is 7.88. The van der Waals surface area contributed by atoms with Gasteiger partial charge in [-0.3, -0.25) is 0 Å². The van der Waals surface area contributed by atoms with Crippen LogP contribution in [-0.4, -0.2) is 68.4 Å². The van der Waals surface area contributed by atoms with Gasteiger partial charge in [0.05, 0.1) is 6.61 Å². The second-order valence-corrected chi connectivity index (χ2v) is 4.50. The molecule has 7 heteroatoms. The number of ether oxygens (including phenoxy) is 1. The topological polar surface area (TPSA) is 90.9 Å². The smallest absolute Gasteiger partial charge is 0.329 e. The number of likely N-dealkylation sites (tertiary alicyclic amines) is 1. The number of carbonyl (C=O) groups excluding carboxylic acids is 1. The van der Waals surface area contributed by atoms with Gasteiger partial charge in [-0.1, -0.05) is 0 Å². The summed E-state index contributed by atoms with van der Waals surface area (Å²) in [5.74, 6) is -0.492. The van der Waals surface area contributed by atoms with Crippen molar-refractivity contribution >= 4 is 12.0 Å². The zero-order valence-electron chi connectivity index (χ0n) is 10.6. The van der Waals surface area contributed by atoms with Crippen molar-refractivity contribution in [3.63, 3.8) is 0 Å². The highest BCUT2D eigenvalue weighted by Gasteiger charge is 2.19. The molecule has 1 aliphatic rings. The Morgan fingerprint density at radius 3 is 2.83 bits per heavy atom. The predicted octanol–water partition coefficient (Wildman–Crippen LogP) is -0.661. The van der Waals surface area contributed by atoms with Gasteiger partial charge in [0, 0.05) is 19.6 Å². The van der Waals surface area contributed by atoms with Crippen LogP contribution in [0.5, 0.6) is 0 Å². The van der Waals surface area contributed by atoms with E-state index in [0.29, 0.717) is 19.0 Å². The number of aliphatic carboxylic acids is 1. The van der Waals surface area contributed by atoms with Crippen LogP contribution < -0.4 is 10.6 Å². The maximum atomic E-state index is 11.4. The molecule has 1 fully saturated rings. The molecule has 0 aromatic carbocycles. The molecule has 1 heterocycles. The van der Waals surface area contributed by atoms with Crippen LogP contribution >= 0.6 is 0 Å². The van der Waals surface area contributed by atoms with Crippen LogP contribution in [0.25, 0.3) is 0 Å². The van der Waals surface area contributed by atoms with E-state index in [-0.39, 0.29) is 19.2 Å². The van der Waals surface area contributed by atoms with E-state index in [0.717, 1.165) is 19.5 Å². The van der Waals surface area contributed by atoms with Crippen molar-refractivity contribution in [1.29, 1.82) is 0 Å². The van der Waals surface area contributed by atoms with Crippen LogP contribution in [0.2, 0.25) is 0 Å². The maximum absolute atomic E-state index is 11.4. The molecule has 0 bridgehead atoms. The lowest BCUT2D eigenvalue weighted by molar-refractivity contribution is -0.142. The molecule has 104 valence electrons. The Labute approximate surface area is 106 Å². The van der Waals surface area contributed by atoms with Gasteiger partial charge in [0.15, 0.2) is 0 Å². The Bertz CT molecular complexity index is 285. The zero-order chi connectivity index (χ0) is 13.4. The number of carboxylic acid groups (broad SMARTS) is 1. The standard InChI is InChI=1S/C11H21N3O4/c1-14-4-2-9(7-14)6-13-11(17)12-3-5-18-8-10(15)16/h9H,2-8H2,1H3,(H,15,16)(H2,12,13,17). The van der Waals surface area contributed by atoms with Gasteiger partial charge >= 0.3 is 12.0 Å². The summed E-state index contributed by atoms with van der Waals surface area (Å²) in [4.78, 5) is 23.8. The van der Waals surface area contributed by atoms with Crippen LogP contribution in [0.15, 0.2) is 0 Å². The fourth-order valence-corrected chi connectivity index (χ4v) is 1.89. The molecule has 0 aromatic heterocycles. The van der Waals surface area contributed by atoms with E-state index in [9.17, 15) is 9.59 Å². The maximum Gasteiger partial charge on any atom is 0.329 e. The molecule has 1 unspecified atom stereocenters. The van der Waals surface area contributed by atoms with Crippen molar-refractivity contribution in [3.05, 3.63) is 0 Å². The van der Waals surface area contributed by atoms with Crippen LogP contribution in [0.3, 0.4) is 0 Å². The molecule has 1 aliphatic heterocycles. The summed E-state index contributed by atoms with van der Waals surface area (Å²) in [5.41, 5.74) is 0. The molecule has 0 radical (unpaired) electrons. The van der Waals surface area contributed by atoms with E-state index in [2.05, 4.69) is 22.6 Å². The van der Waals surface area contributed by atoms with Crippen molar-refractivity contribution in [3.8, 4) is 0 Å². The van der Waals surface area contributed by atoms with Gasteiger partial charge in [-0.2, -0.15) is 0 Å². The molecule has 7 nitrogen and oxygen atoms in total. The van der Waals surface area contributed by atoms with Gasteiger partial charge in [-0.15, -0.1) is 0 Å². The van der Waals surface area contributed by atoms with Crippen LogP contribution in [0.1, 0.15) is 6.42 Å². The zero-order valence-corrected chi connectivity index (χ0v) is 10.6. The number of hydrogen-bond donors (Lipinski definition) is 3. The predicted molar refractivity (Wildman–Crippen MR) is 65.5 cm³/mol. The monoisotopic (exact) mass is 259 g/mol. The van der Waals surface area contributed by atoms with Gasteiger partial charge in [0.25, 0.3) is 0 Å². The number of nitrogens with one attached hydrogen (secondary N) is 2.